The molecule has 0 N–H and O–H groups in total. The lowest BCUT2D eigenvalue weighted by atomic mass is 9.76. The number of carbonyl (C=O) groups excluding carboxylic acids is 1. The lowest BCUT2D eigenvalue weighted by Gasteiger charge is -2.29. The summed E-state index contributed by atoms with van der Waals surface area (Å²) in [7, 11) is 1.55. The summed E-state index contributed by atoms with van der Waals surface area (Å²) < 4.78 is 10.8. The molecule has 0 fully saturated rings. The summed E-state index contributed by atoms with van der Waals surface area (Å²) in [5.41, 5.74) is 24.6. The highest BCUT2D eigenvalue weighted by Gasteiger charge is 2.26. The Kier molecular flexibility index (Phi) is 10.9. The van der Waals surface area contributed by atoms with Gasteiger partial charge in [-0.05, 0) is 189 Å². The molecule has 0 aliphatic carbocycles. The SMILES string of the molecule is C=C(COC)C(=O)OCc1c(C)c(C)c(-c2c(C)c(C)c(-c3c(C)c(C)c(CC)c(CC)c3C)c(C)c2C)c(C)c1CC. The third-order valence-electron chi connectivity index (χ3n) is 10.3. The van der Waals surface area contributed by atoms with E-state index in [0.717, 1.165) is 24.8 Å². The van der Waals surface area contributed by atoms with Crippen LogP contribution >= 0.6 is 0 Å². The highest BCUT2D eigenvalue weighted by Crippen LogP contribution is 2.46. The van der Waals surface area contributed by atoms with Crippen LogP contribution in [-0.4, -0.2) is 19.7 Å². The van der Waals surface area contributed by atoms with Gasteiger partial charge in [-0.3, -0.25) is 0 Å². The predicted molar refractivity (Wildman–Crippen MR) is 184 cm³/mol. The lowest BCUT2D eigenvalue weighted by Crippen LogP contribution is -2.14. The average Bonchev–Trinajstić information content (AvgIpc) is 2.98. The highest BCUT2D eigenvalue weighted by molar-refractivity contribution is 5.89. The molecular weight excluding hydrogens is 528 g/mol. The quantitative estimate of drug-likeness (QED) is 0.176. The minimum Gasteiger partial charge on any atom is -0.457 e. The zero-order valence-corrected chi connectivity index (χ0v) is 29.5. The zero-order chi connectivity index (χ0) is 32.5. The van der Waals surface area contributed by atoms with Crippen LogP contribution < -0.4 is 0 Å². The Morgan fingerprint density at radius 1 is 0.512 bits per heavy atom. The van der Waals surface area contributed by atoms with Gasteiger partial charge in [0.05, 0.1) is 12.2 Å². The minimum absolute atomic E-state index is 0.170. The molecule has 0 bridgehead atoms. The molecule has 232 valence electrons. The maximum atomic E-state index is 12.5. The maximum absolute atomic E-state index is 12.5. The second-order valence-electron chi connectivity index (χ2n) is 12.3. The lowest BCUT2D eigenvalue weighted by molar-refractivity contribution is -0.140. The van der Waals surface area contributed by atoms with Crippen molar-refractivity contribution in [2.45, 2.75) is 116 Å². The Bertz CT molecular complexity index is 1570. The van der Waals surface area contributed by atoms with Crippen LogP contribution in [-0.2, 0) is 40.1 Å². The number of esters is 1. The van der Waals surface area contributed by atoms with Gasteiger partial charge in [-0.1, -0.05) is 27.4 Å². The van der Waals surface area contributed by atoms with Crippen LogP contribution in [0.2, 0.25) is 0 Å². The van der Waals surface area contributed by atoms with Gasteiger partial charge in [0.2, 0.25) is 0 Å². The van der Waals surface area contributed by atoms with E-state index in [4.69, 9.17) is 9.47 Å². The molecule has 3 aromatic rings. The largest absolute Gasteiger partial charge is 0.457 e. The molecule has 0 aliphatic heterocycles. The first-order valence-corrected chi connectivity index (χ1v) is 15.9. The molecule has 3 nitrogen and oxygen atoms in total. The van der Waals surface area contributed by atoms with E-state index in [2.05, 4.69) is 96.6 Å². The van der Waals surface area contributed by atoms with Gasteiger partial charge in [-0.2, -0.15) is 0 Å². The first-order valence-electron chi connectivity index (χ1n) is 15.9. The number of benzene rings is 3. The summed E-state index contributed by atoms with van der Waals surface area (Å²) in [6.07, 6.45) is 2.98. The Labute approximate surface area is 261 Å². The molecule has 0 amide bonds. The van der Waals surface area contributed by atoms with E-state index in [1.54, 1.807) is 7.11 Å². The molecule has 0 aromatic heterocycles. The molecule has 0 atom stereocenters. The Morgan fingerprint density at radius 2 is 0.814 bits per heavy atom. The minimum atomic E-state index is -0.407. The van der Waals surface area contributed by atoms with Crippen molar-refractivity contribution >= 4 is 5.97 Å². The molecule has 0 saturated carbocycles. The molecular formula is C40H54O3. The normalized spacial score (nSPS) is 11.3. The van der Waals surface area contributed by atoms with Crippen molar-refractivity contribution in [2.24, 2.45) is 0 Å². The third-order valence-corrected chi connectivity index (χ3v) is 10.3. The fraction of sp³-hybridized carbons (Fsp3) is 0.475. The van der Waals surface area contributed by atoms with E-state index in [1.807, 2.05) is 0 Å². The molecule has 43 heavy (non-hydrogen) atoms. The number of hydrogen-bond acceptors (Lipinski definition) is 3. The van der Waals surface area contributed by atoms with Gasteiger partial charge in [0.15, 0.2) is 0 Å². The van der Waals surface area contributed by atoms with Crippen LogP contribution in [0.25, 0.3) is 22.3 Å². The van der Waals surface area contributed by atoms with Gasteiger partial charge >= 0.3 is 5.97 Å². The van der Waals surface area contributed by atoms with Gasteiger partial charge in [-0.25, -0.2) is 4.79 Å². The Morgan fingerprint density at radius 3 is 1.19 bits per heavy atom. The Hall–Kier alpha value is -3.17. The van der Waals surface area contributed by atoms with Gasteiger partial charge in [0.1, 0.15) is 6.61 Å². The molecule has 0 unspecified atom stereocenters. The van der Waals surface area contributed by atoms with Crippen molar-refractivity contribution in [1.29, 1.82) is 0 Å². The number of hydrogen-bond donors (Lipinski definition) is 0. The van der Waals surface area contributed by atoms with Gasteiger partial charge in [0, 0.05) is 7.11 Å². The number of methoxy groups -OCH3 is 1. The van der Waals surface area contributed by atoms with Crippen LogP contribution in [0.3, 0.4) is 0 Å². The van der Waals surface area contributed by atoms with Crippen molar-refractivity contribution in [3.63, 3.8) is 0 Å². The monoisotopic (exact) mass is 582 g/mol. The van der Waals surface area contributed by atoms with Crippen molar-refractivity contribution in [1.82, 2.24) is 0 Å². The van der Waals surface area contributed by atoms with E-state index in [-0.39, 0.29) is 13.2 Å². The topological polar surface area (TPSA) is 35.5 Å². The van der Waals surface area contributed by atoms with Gasteiger partial charge in [0.25, 0.3) is 0 Å². The smallest absolute Gasteiger partial charge is 0.336 e. The second-order valence-corrected chi connectivity index (χ2v) is 12.3. The molecule has 0 heterocycles. The molecule has 0 radical (unpaired) electrons. The van der Waals surface area contributed by atoms with E-state index in [0.29, 0.717) is 5.57 Å². The third kappa shape index (κ3) is 5.86. The summed E-state index contributed by atoms with van der Waals surface area (Å²) in [6, 6.07) is 0. The summed E-state index contributed by atoms with van der Waals surface area (Å²) in [4.78, 5) is 12.5. The van der Waals surface area contributed by atoms with Crippen molar-refractivity contribution in [3.8, 4) is 22.3 Å². The fourth-order valence-corrected chi connectivity index (χ4v) is 7.51. The molecule has 0 aliphatic rings. The molecule has 0 spiro atoms. The van der Waals surface area contributed by atoms with E-state index < -0.39 is 5.97 Å². The van der Waals surface area contributed by atoms with Crippen LogP contribution in [0.5, 0.6) is 0 Å². The van der Waals surface area contributed by atoms with Crippen LogP contribution in [0.4, 0.5) is 0 Å². The van der Waals surface area contributed by atoms with Crippen molar-refractivity contribution in [3.05, 3.63) is 90.0 Å². The van der Waals surface area contributed by atoms with Gasteiger partial charge in [-0.15, -0.1) is 0 Å². The van der Waals surface area contributed by atoms with Crippen LogP contribution in [0.1, 0.15) is 98.7 Å². The number of ether oxygens (including phenoxy) is 2. The van der Waals surface area contributed by atoms with Crippen molar-refractivity contribution in [2.75, 3.05) is 13.7 Å². The number of rotatable bonds is 10. The molecule has 0 saturated heterocycles. The first-order chi connectivity index (χ1) is 20.2. The van der Waals surface area contributed by atoms with E-state index in [9.17, 15) is 4.79 Å². The second kappa shape index (κ2) is 13.6. The van der Waals surface area contributed by atoms with Crippen molar-refractivity contribution < 1.29 is 14.3 Å². The summed E-state index contributed by atoms with van der Waals surface area (Å²) in [5, 5.41) is 0. The molecule has 3 aromatic carbocycles. The number of carbonyl (C=O) groups is 1. The van der Waals surface area contributed by atoms with E-state index >= 15 is 0 Å². The first kappa shape index (κ1) is 34.3. The predicted octanol–water partition coefficient (Wildman–Crippen LogP) is 10.0. The standard InChI is InChI=1S/C40H54O3/c1-16-32-22(5)24(7)38(30(13)33(32)17-2)36-26(9)28(11)37(29(12)27(36)10)39-25(8)23(6)35(34(18-3)31(39)14)20-43-40(41)21(4)19-42-15/h4,16-20H2,1-3,5-15H3. The van der Waals surface area contributed by atoms with Gasteiger partial charge < -0.3 is 9.47 Å². The zero-order valence-electron chi connectivity index (χ0n) is 29.5. The average molecular weight is 583 g/mol. The maximum Gasteiger partial charge on any atom is 0.336 e. The summed E-state index contributed by atoms with van der Waals surface area (Å²) in [6.45, 7) is 33.8. The summed E-state index contributed by atoms with van der Waals surface area (Å²) in [5.74, 6) is -0.407. The van der Waals surface area contributed by atoms with E-state index in [1.165, 1.54) is 94.6 Å². The van der Waals surface area contributed by atoms with Crippen LogP contribution in [0, 0.1) is 69.2 Å². The highest BCUT2D eigenvalue weighted by atomic mass is 16.5. The molecule has 3 rings (SSSR count). The summed E-state index contributed by atoms with van der Waals surface area (Å²) >= 11 is 0. The van der Waals surface area contributed by atoms with Crippen LogP contribution in [0.15, 0.2) is 12.2 Å². The Balaban J connectivity index is 2.31. The fourth-order valence-electron chi connectivity index (χ4n) is 7.51. The molecule has 3 heteroatoms.